The van der Waals surface area contributed by atoms with Crippen LogP contribution in [0.3, 0.4) is 0 Å². The highest BCUT2D eigenvalue weighted by Gasteiger charge is 1.99. The van der Waals surface area contributed by atoms with Gasteiger partial charge in [-0.2, -0.15) is 5.26 Å². The van der Waals surface area contributed by atoms with E-state index in [1.54, 1.807) is 36.4 Å². The molecule has 21 heavy (non-hydrogen) atoms. The fourth-order valence-electron chi connectivity index (χ4n) is 1.60. The number of aromatic carboxylic acids is 1. The summed E-state index contributed by atoms with van der Waals surface area (Å²) in [6.07, 6.45) is 3.81. The van der Waals surface area contributed by atoms with Gasteiger partial charge in [0, 0.05) is 6.57 Å². The molecule has 4 nitrogen and oxygen atoms in total. The maximum atomic E-state index is 10.7. The maximum Gasteiger partial charge on any atom is 0.335 e. The number of hydrogen-bond donors (Lipinski definition) is 1. The third-order valence-corrected chi connectivity index (χ3v) is 2.67. The van der Waals surface area contributed by atoms with Crippen molar-refractivity contribution in [2.24, 2.45) is 0 Å². The number of carboxylic acids is 1. The Hall–Kier alpha value is -3.37. The molecule has 0 amide bonds. The van der Waals surface area contributed by atoms with Gasteiger partial charge in [0.25, 0.3) is 0 Å². The molecule has 0 aliphatic heterocycles. The molecule has 0 saturated heterocycles. The normalized spacial score (nSPS) is 9.38. The summed E-state index contributed by atoms with van der Waals surface area (Å²) in [6.45, 7) is 3.50. The standard InChI is InChI=1S/C16H11NO2.CHN/c17-11-14-5-3-12(4-6-14)1-2-13-7-9-15(10-8-13)16(18)19;1-2/h1-10H,(H,18,19);1H. The lowest BCUT2D eigenvalue weighted by Gasteiger charge is -1.97. The monoisotopic (exact) mass is 276 g/mol. The lowest BCUT2D eigenvalue weighted by Crippen LogP contribution is -1.94. The van der Waals surface area contributed by atoms with Crippen LogP contribution in [0.5, 0.6) is 0 Å². The minimum absolute atomic E-state index is 0.274. The molecule has 0 heterocycles. The number of rotatable bonds is 3. The fourth-order valence-corrected chi connectivity index (χ4v) is 1.60. The van der Waals surface area contributed by atoms with Crippen LogP contribution in [0, 0.1) is 23.2 Å². The average Bonchev–Trinajstić information content (AvgIpc) is 2.55. The molecule has 0 spiro atoms. The lowest BCUT2D eigenvalue weighted by atomic mass is 10.1. The summed E-state index contributed by atoms with van der Waals surface area (Å²) in [5, 5.41) is 24.0. The van der Waals surface area contributed by atoms with Gasteiger partial charge in [0.2, 0.25) is 0 Å². The Bertz CT molecular complexity index is 690. The lowest BCUT2D eigenvalue weighted by molar-refractivity contribution is 0.0697. The van der Waals surface area contributed by atoms with Crippen molar-refractivity contribution in [3.63, 3.8) is 0 Å². The maximum absolute atomic E-state index is 10.7. The molecule has 0 atom stereocenters. The first-order chi connectivity index (χ1) is 10.2. The second-order valence-electron chi connectivity index (χ2n) is 3.99. The van der Waals surface area contributed by atoms with Crippen LogP contribution in [0.4, 0.5) is 0 Å². The first-order valence-corrected chi connectivity index (χ1v) is 5.96. The molecule has 0 aliphatic carbocycles. The Morgan fingerprint density at radius 2 is 1.38 bits per heavy atom. The number of carbonyl (C=O) groups is 1. The number of nitrogens with zero attached hydrogens (tertiary/aromatic N) is 2. The van der Waals surface area contributed by atoms with Gasteiger partial charge in [-0.3, -0.25) is 0 Å². The highest BCUT2D eigenvalue weighted by atomic mass is 16.4. The minimum Gasteiger partial charge on any atom is -0.478 e. The van der Waals surface area contributed by atoms with Crippen molar-refractivity contribution >= 4 is 18.1 Å². The molecule has 0 bridgehead atoms. The second-order valence-corrected chi connectivity index (χ2v) is 3.99. The predicted octanol–water partition coefficient (Wildman–Crippen LogP) is 3.57. The molecule has 0 unspecified atom stereocenters. The average molecular weight is 276 g/mol. The van der Waals surface area contributed by atoms with Crippen LogP contribution in [0.2, 0.25) is 0 Å². The van der Waals surface area contributed by atoms with Crippen molar-refractivity contribution in [1.82, 2.24) is 0 Å². The van der Waals surface area contributed by atoms with Crippen molar-refractivity contribution in [2.45, 2.75) is 0 Å². The topological polar surface area (TPSA) is 84.9 Å². The van der Waals surface area contributed by atoms with Crippen LogP contribution < -0.4 is 0 Å². The molecular formula is C17H12N2O2. The van der Waals surface area contributed by atoms with Gasteiger partial charge >= 0.3 is 5.97 Å². The first kappa shape index (κ1) is 15.7. The van der Waals surface area contributed by atoms with E-state index >= 15 is 0 Å². The molecule has 4 heteroatoms. The van der Waals surface area contributed by atoms with Gasteiger partial charge in [-0.25, -0.2) is 10.1 Å². The van der Waals surface area contributed by atoms with Gasteiger partial charge in [0.05, 0.1) is 17.2 Å². The molecule has 102 valence electrons. The van der Waals surface area contributed by atoms with Crippen LogP contribution in [0.1, 0.15) is 27.0 Å². The summed E-state index contributed by atoms with van der Waals surface area (Å²) in [6, 6.07) is 16.0. The molecule has 2 aromatic carbocycles. The van der Waals surface area contributed by atoms with Gasteiger partial charge in [-0.15, -0.1) is 0 Å². The zero-order chi connectivity index (χ0) is 15.7. The Kier molecular flexibility index (Phi) is 5.93. The molecule has 1 N–H and O–H groups in total. The van der Waals surface area contributed by atoms with E-state index in [0.29, 0.717) is 5.56 Å². The summed E-state index contributed by atoms with van der Waals surface area (Å²) in [5.74, 6) is -0.928. The minimum atomic E-state index is -0.928. The Morgan fingerprint density at radius 3 is 1.76 bits per heavy atom. The van der Waals surface area contributed by atoms with Crippen LogP contribution in [0.15, 0.2) is 48.5 Å². The van der Waals surface area contributed by atoms with Crippen molar-refractivity contribution < 1.29 is 9.90 Å². The summed E-state index contributed by atoms with van der Waals surface area (Å²) >= 11 is 0. The molecule has 2 rings (SSSR count). The fraction of sp³-hybridized carbons (Fsp3) is 0. The van der Waals surface area contributed by atoms with Crippen molar-refractivity contribution in [2.75, 3.05) is 0 Å². The number of carboxylic acid groups (broad SMARTS) is 1. The number of nitriles is 2. The molecule has 2 aromatic rings. The van der Waals surface area contributed by atoms with E-state index in [-0.39, 0.29) is 5.56 Å². The quantitative estimate of drug-likeness (QED) is 0.868. The molecule has 0 saturated carbocycles. The first-order valence-electron chi connectivity index (χ1n) is 5.96. The Balaban J connectivity index is 0.00000106. The van der Waals surface area contributed by atoms with Gasteiger partial charge in [-0.05, 0) is 35.4 Å². The predicted molar refractivity (Wildman–Crippen MR) is 80.2 cm³/mol. The number of hydrogen-bond acceptors (Lipinski definition) is 3. The van der Waals surface area contributed by atoms with Gasteiger partial charge in [0.15, 0.2) is 0 Å². The van der Waals surface area contributed by atoms with Crippen molar-refractivity contribution in [3.05, 3.63) is 70.8 Å². The molecule has 0 radical (unpaired) electrons. The molecule has 0 aromatic heterocycles. The number of benzene rings is 2. The van der Waals surface area contributed by atoms with E-state index in [0.717, 1.165) is 11.1 Å². The smallest absolute Gasteiger partial charge is 0.335 e. The largest absolute Gasteiger partial charge is 0.478 e. The van der Waals surface area contributed by atoms with Crippen molar-refractivity contribution in [3.8, 4) is 12.6 Å². The van der Waals surface area contributed by atoms with Crippen LogP contribution in [0.25, 0.3) is 12.2 Å². The van der Waals surface area contributed by atoms with Gasteiger partial charge in [-0.1, -0.05) is 36.4 Å². The summed E-state index contributed by atoms with van der Waals surface area (Å²) in [7, 11) is 0. The SMILES string of the molecule is C#N.N#Cc1ccc(C=Cc2ccc(C(=O)O)cc2)cc1. The third kappa shape index (κ3) is 4.66. The Labute approximate surface area is 122 Å². The van der Waals surface area contributed by atoms with Gasteiger partial charge in [0.1, 0.15) is 0 Å². The highest BCUT2D eigenvalue weighted by molar-refractivity contribution is 5.88. The molecule has 0 aliphatic rings. The van der Waals surface area contributed by atoms with Crippen LogP contribution in [-0.4, -0.2) is 11.1 Å². The molecule has 0 fully saturated rings. The summed E-state index contributed by atoms with van der Waals surface area (Å²) in [5.41, 5.74) is 2.81. The summed E-state index contributed by atoms with van der Waals surface area (Å²) in [4.78, 5) is 10.7. The van der Waals surface area contributed by atoms with E-state index in [1.165, 1.54) is 0 Å². The third-order valence-electron chi connectivity index (χ3n) is 2.67. The van der Waals surface area contributed by atoms with E-state index in [9.17, 15) is 4.79 Å². The highest BCUT2D eigenvalue weighted by Crippen LogP contribution is 2.10. The summed E-state index contributed by atoms with van der Waals surface area (Å²) < 4.78 is 0. The van der Waals surface area contributed by atoms with E-state index in [4.69, 9.17) is 15.6 Å². The van der Waals surface area contributed by atoms with Crippen LogP contribution in [-0.2, 0) is 0 Å². The van der Waals surface area contributed by atoms with Gasteiger partial charge < -0.3 is 5.11 Å². The van der Waals surface area contributed by atoms with E-state index in [2.05, 4.69) is 12.6 Å². The zero-order valence-corrected chi connectivity index (χ0v) is 11.1. The van der Waals surface area contributed by atoms with E-state index < -0.39 is 5.97 Å². The second kappa shape index (κ2) is 7.93. The van der Waals surface area contributed by atoms with E-state index in [1.807, 2.05) is 24.3 Å². The molecular weight excluding hydrogens is 264 g/mol. The Morgan fingerprint density at radius 1 is 0.952 bits per heavy atom. The van der Waals surface area contributed by atoms with Crippen molar-refractivity contribution in [1.29, 1.82) is 10.5 Å². The zero-order valence-electron chi connectivity index (χ0n) is 11.1. The van der Waals surface area contributed by atoms with Crippen LogP contribution >= 0.6 is 0 Å².